The average Bonchev–Trinajstić information content (AvgIpc) is 2.18. The molecule has 1 aromatic heterocycles. The van der Waals surface area contributed by atoms with Gasteiger partial charge in [0.1, 0.15) is 5.82 Å². The molecule has 1 unspecified atom stereocenters. The zero-order chi connectivity index (χ0) is 10.8. The molecule has 0 aliphatic heterocycles. The van der Waals surface area contributed by atoms with Crippen molar-refractivity contribution in [3.05, 3.63) is 34.7 Å². The van der Waals surface area contributed by atoms with Gasteiger partial charge in [0.05, 0.1) is 5.52 Å². The molecule has 0 amide bonds. The van der Waals surface area contributed by atoms with Crippen LogP contribution in [0.5, 0.6) is 0 Å². The van der Waals surface area contributed by atoms with Crippen LogP contribution < -0.4 is 5.73 Å². The van der Waals surface area contributed by atoms with Gasteiger partial charge in [-0.25, -0.2) is 9.97 Å². The maximum Gasteiger partial charge on any atom is 0.130 e. The lowest BCUT2D eigenvalue weighted by Crippen LogP contribution is -2.19. The second-order valence-electron chi connectivity index (χ2n) is 3.65. The molecule has 0 aliphatic rings. The van der Waals surface area contributed by atoms with Crippen LogP contribution >= 0.6 is 15.9 Å². The maximum absolute atomic E-state index is 5.71. The van der Waals surface area contributed by atoms with Crippen molar-refractivity contribution < 1.29 is 0 Å². The van der Waals surface area contributed by atoms with Gasteiger partial charge in [-0.2, -0.15) is 0 Å². The molecule has 0 spiro atoms. The molecule has 2 aromatic rings. The van der Waals surface area contributed by atoms with Crippen molar-refractivity contribution in [2.24, 2.45) is 5.73 Å². The summed E-state index contributed by atoms with van der Waals surface area (Å²) >= 11 is 3.48. The van der Waals surface area contributed by atoms with Crippen molar-refractivity contribution >= 4 is 26.8 Å². The Morgan fingerprint density at radius 1 is 1.47 bits per heavy atom. The molecule has 0 saturated heterocycles. The van der Waals surface area contributed by atoms with Gasteiger partial charge in [-0.15, -0.1) is 0 Å². The van der Waals surface area contributed by atoms with Crippen molar-refractivity contribution in [3.63, 3.8) is 0 Å². The summed E-state index contributed by atoms with van der Waals surface area (Å²) in [6.45, 7) is 1.95. The van der Waals surface area contributed by atoms with Crippen molar-refractivity contribution in [3.8, 4) is 0 Å². The van der Waals surface area contributed by atoms with Crippen LogP contribution in [0.15, 0.2) is 28.9 Å². The van der Waals surface area contributed by atoms with Crippen LogP contribution in [0.25, 0.3) is 10.9 Å². The first-order valence-corrected chi connectivity index (χ1v) is 5.62. The van der Waals surface area contributed by atoms with Gasteiger partial charge in [0, 0.05) is 28.5 Å². The molecule has 3 nitrogen and oxygen atoms in total. The highest BCUT2D eigenvalue weighted by Gasteiger charge is 2.04. The van der Waals surface area contributed by atoms with E-state index in [1.807, 2.05) is 31.3 Å². The first-order valence-electron chi connectivity index (χ1n) is 4.82. The van der Waals surface area contributed by atoms with E-state index in [-0.39, 0.29) is 6.04 Å². The first-order chi connectivity index (χ1) is 7.16. The van der Waals surface area contributed by atoms with Crippen LogP contribution in [-0.2, 0) is 6.42 Å². The molecule has 1 heterocycles. The van der Waals surface area contributed by atoms with E-state index in [2.05, 4.69) is 25.9 Å². The monoisotopic (exact) mass is 265 g/mol. The highest BCUT2D eigenvalue weighted by Crippen LogP contribution is 2.21. The largest absolute Gasteiger partial charge is 0.328 e. The Bertz CT molecular complexity index is 482. The van der Waals surface area contributed by atoms with Gasteiger partial charge in [0.25, 0.3) is 0 Å². The molecule has 0 fully saturated rings. The summed E-state index contributed by atoms with van der Waals surface area (Å²) in [5.74, 6) is 0.796. The molecule has 0 saturated carbocycles. The lowest BCUT2D eigenvalue weighted by Gasteiger charge is -2.05. The number of hydrogen-bond acceptors (Lipinski definition) is 3. The Morgan fingerprint density at radius 3 is 3.00 bits per heavy atom. The summed E-state index contributed by atoms with van der Waals surface area (Å²) in [6, 6.07) is 6.03. The molecule has 78 valence electrons. The zero-order valence-corrected chi connectivity index (χ0v) is 10.0. The van der Waals surface area contributed by atoms with Gasteiger partial charge in [0.15, 0.2) is 0 Å². The van der Waals surface area contributed by atoms with Gasteiger partial charge in [0.2, 0.25) is 0 Å². The van der Waals surface area contributed by atoms with Gasteiger partial charge >= 0.3 is 0 Å². The highest BCUT2D eigenvalue weighted by molar-refractivity contribution is 9.10. The molecule has 15 heavy (non-hydrogen) atoms. The Balaban J connectivity index is 2.50. The third-order valence-electron chi connectivity index (χ3n) is 2.12. The predicted molar refractivity (Wildman–Crippen MR) is 64.6 cm³/mol. The number of nitrogens with zero attached hydrogens (tertiary/aromatic N) is 2. The van der Waals surface area contributed by atoms with E-state index in [9.17, 15) is 0 Å². The first kappa shape index (κ1) is 10.5. The normalized spacial score (nSPS) is 13.0. The molecule has 0 radical (unpaired) electrons. The van der Waals surface area contributed by atoms with Crippen LogP contribution in [0.2, 0.25) is 0 Å². The third-order valence-corrected chi connectivity index (χ3v) is 2.76. The Morgan fingerprint density at radius 2 is 2.27 bits per heavy atom. The van der Waals surface area contributed by atoms with Crippen molar-refractivity contribution in [1.82, 2.24) is 9.97 Å². The van der Waals surface area contributed by atoms with E-state index >= 15 is 0 Å². The zero-order valence-electron chi connectivity index (χ0n) is 8.44. The summed E-state index contributed by atoms with van der Waals surface area (Å²) in [7, 11) is 0. The lowest BCUT2D eigenvalue weighted by atomic mass is 10.2. The molecule has 2 rings (SSSR count). The number of rotatable bonds is 2. The molecule has 0 aliphatic carbocycles. The molecule has 1 atom stereocenters. The summed E-state index contributed by atoms with van der Waals surface area (Å²) in [6.07, 6.45) is 2.54. The summed E-state index contributed by atoms with van der Waals surface area (Å²) in [4.78, 5) is 8.75. The topological polar surface area (TPSA) is 51.8 Å². The van der Waals surface area contributed by atoms with Gasteiger partial charge in [-0.3, -0.25) is 0 Å². The highest BCUT2D eigenvalue weighted by atomic mass is 79.9. The second-order valence-corrected chi connectivity index (χ2v) is 4.50. The van der Waals surface area contributed by atoms with Crippen molar-refractivity contribution in [2.45, 2.75) is 19.4 Å². The number of halogens is 1. The smallest absolute Gasteiger partial charge is 0.130 e. The van der Waals surface area contributed by atoms with Crippen LogP contribution in [0.4, 0.5) is 0 Å². The SMILES string of the molecule is CC(N)Cc1ncc2cccc(Br)c2n1. The minimum Gasteiger partial charge on any atom is -0.328 e. The fourth-order valence-corrected chi connectivity index (χ4v) is 1.91. The number of fused-ring (bicyclic) bond motifs is 1. The molecule has 1 aromatic carbocycles. The van der Waals surface area contributed by atoms with Crippen molar-refractivity contribution in [1.29, 1.82) is 0 Å². The quantitative estimate of drug-likeness (QED) is 0.907. The Kier molecular flexibility index (Phi) is 2.98. The van der Waals surface area contributed by atoms with Gasteiger partial charge in [-0.1, -0.05) is 12.1 Å². The number of benzene rings is 1. The lowest BCUT2D eigenvalue weighted by molar-refractivity contribution is 0.705. The molecular formula is C11H12BrN3. The van der Waals surface area contributed by atoms with Crippen LogP contribution in [0, 0.1) is 0 Å². The average molecular weight is 266 g/mol. The fourth-order valence-electron chi connectivity index (χ4n) is 1.44. The summed E-state index contributed by atoms with van der Waals surface area (Å²) < 4.78 is 0.994. The number of para-hydroxylation sites is 1. The fraction of sp³-hybridized carbons (Fsp3) is 0.273. The van der Waals surface area contributed by atoms with Crippen LogP contribution in [0.3, 0.4) is 0 Å². The summed E-state index contributed by atoms with van der Waals surface area (Å²) in [5, 5.41) is 1.04. The van der Waals surface area contributed by atoms with E-state index in [0.717, 1.165) is 21.2 Å². The van der Waals surface area contributed by atoms with Crippen molar-refractivity contribution in [2.75, 3.05) is 0 Å². The van der Waals surface area contributed by atoms with Crippen LogP contribution in [-0.4, -0.2) is 16.0 Å². The number of hydrogen-bond donors (Lipinski definition) is 1. The van der Waals surface area contributed by atoms with E-state index in [4.69, 9.17) is 5.73 Å². The molecule has 4 heteroatoms. The Hall–Kier alpha value is -1.00. The molecule has 2 N–H and O–H groups in total. The third kappa shape index (κ3) is 2.33. The van der Waals surface area contributed by atoms with E-state index in [1.165, 1.54) is 0 Å². The number of nitrogens with two attached hydrogens (primary N) is 1. The maximum atomic E-state index is 5.71. The van der Waals surface area contributed by atoms with E-state index in [1.54, 1.807) is 0 Å². The minimum absolute atomic E-state index is 0.0879. The second kappa shape index (κ2) is 4.24. The van der Waals surface area contributed by atoms with Crippen LogP contribution in [0.1, 0.15) is 12.7 Å². The van der Waals surface area contributed by atoms with Gasteiger partial charge < -0.3 is 5.73 Å². The predicted octanol–water partition coefficient (Wildman–Crippen LogP) is 2.28. The number of aromatic nitrogens is 2. The summed E-state index contributed by atoms with van der Waals surface area (Å²) in [5.41, 5.74) is 6.66. The standard InChI is InChI=1S/C11H12BrN3/c1-7(13)5-10-14-6-8-3-2-4-9(12)11(8)15-10/h2-4,6-7H,5,13H2,1H3. The van der Waals surface area contributed by atoms with E-state index in [0.29, 0.717) is 6.42 Å². The Labute approximate surface area is 96.9 Å². The minimum atomic E-state index is 0.0879. The molecular weight excluding hydrogens is 254 g/mol. The van der Waals surface area contributed by atoms with Gasteiger partial charge in [-0.05, 0) is 28.9 Å². The molecule has 0 bridgehead atoms. The van der Waals surface area contributed by atoms with E-state index < -0.39 is 0 Å².